The quantitative estimate of drug-likeness (QED) is 0.748. The Kier molecular flexibility index (Phi) is 4.98. The van der Waals surface area contributed by atoms with Crippen molar-refractivity contribution in [2.75, 3.05) is 6.54 Å². The Morgan fingerprint density at radius 3 is 2.29 bits per heavy atom. The maximum atomic E-state index is 6.12. The third-order valence-corrected chi connectivity index (χ3v) is 3.86. The van der Waals surface area contributed by atoms with E-state index in [1.807, 2.05) is 0 Å². The first-order valence-electron chi connectivity index (χ1n) is 6.03. The lowest BCUT2D eigenvalue weighted by molar-refractivity contribution is 0.620. The van der Waals surface area contributed by atoms with Crippen LogP contribution >= 0.6 is 34.8 Å². The summed E-state index contributed by atoms with van der Waals surface area (Å²) in [7, 11) is 0. The Bertz CT molecular complexity index is 365. The summed E-state index contributed by atoms with van der Waals surface area (Å²) in [5.74, 6) is 0. The predicted octanol–water partition coefficient (Wildman–Crippen LogP) is 4.72. The highest BCUT2D eigenvalue weighted by Crippen LogP contribution is 2.30. The number of hydrogen-bond donors (Lipinski definition) is 1. The molecule has 0 spiro atoms. The molecule has 0 atom stereocenters. The highest BCUT2D eigenvalue weighted by atomic mass is 35.5. The SMILES string of the molecule is Clc1cc(Cl)c(CCCCNC2CC2)c(Cl)c1. The minimum atomic E-state index is 0.596. The summed E-state index contributed by atoms with van der Waals surface area (Å²) in [6.45, 7) is 1.09. The normalized spacial score (nSPS) is 15.2. The van der Waals surface area contributed by atoms with Crippen LogP contribution in [0.2, 0.25) is 15.1 Å². The molecule has 0 unspecified atom stereocenters. The van der Waals surface area contributed by atoms with E-state index in [4.69, 9.17) is 34.8 Å². The van der Waals surface area contributed by atoms with Crippen LogP contribution in [-0.4, -0.2) is 12.6 Å². The fourth-order valence-electron chi connectivity index (χ4n) is 1.83. The van der Waals surface area contributed by atoms with Crippen LogP contribution in [-0.2, 0) is 6.42 Å². The molecule has 0 bridgehead atoms. The number of unbranched alkanes of at least 4 members (excludes halogenated alkanes) is 1. The summed E-state index contributed by atoms with van der Waals surface area (Å²) in [4.78, 5) is 0. The van der Waals surface area contributed by atoms with Gasteiger partial charge in [0.25, 0.3) is 0 Å². The van der Waals surface area contributed by atoms with E-state index in [9.17, 15) is 0 Å². The predicted molar refractivity (Wildman–Crippen MR) is 75.4 cm³/mol. The zero-order valence-corrected chi connectivity index (χ0v) is 11.9. The van der Waals surface area contributed by atoms with Crippen LogP contribution in [0.15, 0.2) is 12.1 Å². The van der Waals surface area contributed by atoms with Crippen LogP contribution in [0.5, 0.6) is 0 Å². The Balaban J connectivity index is 1.77. The second-order valence-corrected chi connectivity index (χ2v) is 5.78. The molecule has 1 aromatic rings. The molecule has 1 fully saturated rings. The first-order chi connectivity index (χ1) is 8.16. The van der Waals surface area contributed by atoms with Crippen LogP contribution in [0.4, 0.5) is 0 Å². The largest absolute Gasteiger partial charge is 0.314 e. The topological polar surface area (TPSA) is 12.0 Å². The van der Waals surface area contributed by atoms with Gasteiger partial charge in [0.2, 0.25) is 0 Å². The molecule has 1 nitrogen and oxygen atoms in total. The lowest BCUT2D eigenvalue weighted by Crippen LogP contribution is -2.17. The molecule has 1 aliphatic carbocycles. The van der Waals surface area contributed by atoms with E-state index in [0.29, 0.717) is 15.1 Å². The highest BCUT2D eigenvalue weighted by molar-refractivity contribution is 6.39. The van der Waals surface area contributed by atoms with Gasteiger partial charge < -0.3 is 5.32 Å². The molecule has 0 amide bonds. The van der Waals surface area contributed by atoms with Gasteiger partial charge >= 0.3 is 0 Å². The molecule has 0 saturated heterocycles. The van der Waals surface area contributed by atoms with Crippen molar-refractivity contribution in [3.8, 4) is 0 Å². The van der Waals surface area contributed by atoms with Gasteiger partial charge in [-0.3, -0.25) is 0 Å². The van der Waals surface area contributed by atoms with Crippen molar-refractivity contribution in [2.45, 2.75) is 38.1 Å². The zero-order chi connectivity index (χ0) is 12.3. The number of benzene rings is 1. The summed E-state index contributed by atoms with van der Waals surface area (Å²) in [5, 5.41) is 5.45. The average molecular weight is 293 g/mol. The van der Waals surface area contributed by atoms with Gasteiger partial charge in [-0.25, -0.2) is 0 Å². The summed E-state index contributed by atoms with van der Waals surface area (Å²) >= 11 is 18.1. The van der Waals surface area contributed by atoms with E-state index in [1.165, 1.54) is 12.8 Å². The third-order valence-electron chi connectivity index (χ3n) is 2.97. The van der Waals surface area contributed by atoms with Gasteiger partial charge in [0.05, 0.1) is 0 Å². The van der Waals surface area contributed by atoms with E-state index in [0.717, 1.165) is 37.4 Å². The van der Waals surface area contributed by atoms with E-state index in [-0.39, 0.29) is 0 Å². The van der Waals surface area contributed by atoms with Crippen LogP contribution in [0.3, 0.4) is 0 Å². The Labute approximate surface area is 117 Å². The van der Waals surface area contributed by atoms with Gasteiger partial charge in [-0.15, -0.1) is 0 Å². The van der Waals surface area contributed by atoms with Crippen molar-refractivity contribution in [1.29, 1.82) is 0 Å². The van der Waals surface area contributed by atoms with Gasteiger partial charge in [-0.2, -0.15) is 0 Å². The average Bonchev–Trinajstić information content (AvgIpc) is 3.04. The van der Waals surface area contributed by atoms with Crippen molar-refractivity contribution in [2.24, 2.45) is 0 Å². The van der Waals surface area contributed by atoms with Crippen molar-refractivity contribution < 1.29 is 0 Å². The molecule has 94 valence electrons. The van der Waals surface area contributed by atoms with Crippen molar-refractivity contribution in [1.82, 2.24) is 5.32 Å². The third kappa shape index (κ3) is 4.33. The molecular formula is C13H16Cl3N. The van der Waals surface area contributed by atoms with Crippen molar-refractivity contribution in [3.05, 3.63) is 32.8 Å². The second kappa shape index (κ2) is 6.29. The lowest BCUT2D eigenvalue weighted by Gasteiger charge is -2.08. The maximum absolute atomic E-state index is 6.12. The van der Waals surface area contributed by atoms with E-state index in [2.05, 4.69) is 5.32 Å². The second-order valence-electron chi connectivity index (χ2n) is 4.53. The molecule has 2 rings (SSSR count). The number of rotatable bonds is 6. The summed E-state index contributed by atoms with van der Waals surface area (Å²) in [6, 6.07) is 4.30. The molecule has 0 aromatic heterocycles. The molecule has 0 heterocycles. The van der Waals surface area contributed by atoms with Gasteiger partial charge in [0.1, 0.15) is 0 Å². The van der Waals surface area contributed by atoms with E-state index >= 15 is 0 Å². The van der Waals surface area contributed by atoms with Crippen LogP contribution in [0, 0.1) is 0 Å². The fraction of sp³-hybridized carbons (Fsp3) is 0.538. The molecule has 1 aliphatic rings. The van der Waals surface area contributed by atoms with Gasteiger partial charge in [0.15, 0.2) is 0 Å². The van der Waals surface area contributed by atoms with Crippen molar-refractivity contribution in [3.63, 3.8) is 0 Å². The van der Waals surface area contributed by atoms with Gasteiger partial charge in [-0.05, 0) is 56.3 Å². The standard InChI is InChI=1S/C13H16Cl3N/c14-9-7-12(15)11(13(16)8-9)3-1-2-6-17-10-4-5-10/h7-8,10,17H,1-6H2. The molecular weight excluding hydrogens is 277 g/mol. The smallest absolute Gasteiger partial charge is 0.0467 e. The fourth-order valence-corrected chi connectivity index (χ4v) is 2.84. The minimum absolute atomic E-state index is 0.596. The molecule has 0 radical (unpaired) electrons. The first kappa shape index (κ1) is 13.5. The Morgan fingerprint density at radius 2 is 1.71 bits per heavy atom. The van der Waals surface area contributed by atoms with Crippen LogP contribution in [0.25, 0.3) is 0 Å². The molecule has 1 aromatic carbocycles. The number of halogens is 3. The van der Waals surface area contributed by atoms with Crippen LogP contribution < -0.4 is 5.32 Å². The van der Waals surface area contributed by atoms with Gasteiger partial charge in [0, 0.05) is 21.1 Å². The maximum Gasteiger partial charge on any atom is 0.0467 e. The first-order valence-corrected chi connectivity index (χ1v) is 7.17. The zero-order valence-electron chi connectivity index (χ0n) is 9.61. The minimum Gasteiger partial charge on any atom is -0.314 e. The summed E-state index contributed by atoms with van der Waals surface area (Å²) in [6.07, 6.45) is 5.86. The molecule has 1 N–H and O–H groups in total. The lowest BCUT2D eigenvalue weighted by atomic mass is 10.1. The molecule has 4 heteroatoms. The van der Waals surface area contributed by atoms with E-state index < -0.39 is 0 Å². The van der Waals surface area contributed by atoms with E-state index in [1.54, 1.807) is 12.1 Å². The Hall–Kier alpha value is 0.0500. The molecule has 1 saturated carbocycles. The molecule has 0 aliphatic heterocycles. The summed E-state index contributed by atoms with van der Waals surface area (Å²) < 4.78 is 0. The summed E-state index contributed by atoms with van der Waals surface area (Å²) in [5.41, 5.74) is 1.02. The van der Waals surface area contributed by atoms with Crippen molar-refractivity contribution >= 4 is 34.8 Å². The Morgan fingerprint density at radius 1 is 1.06 bits per heavy atom. The number of hydrogen-bond acceptors (Lipinski definition) is 1. The molecule has 17 heavy (non-hydrogen) atoms. The highest BCUT2D eigenvalue weighted by Gasteiger charge is 2.19. The monoisotopic (exact) mass is 291 g/mol. The van der Waals surface area contributed by atoms with Crippen LogP contribution in [0.1, 0.15) is 31.2 Å². The van der Waals surface area contributed by atoms with Gasteiger partial charge in [-0.1, -0.05) is 34.8 Å². The number of nitrogens with one attached hydrogen (secondary N) is 1.